The highest BCUT2D eigenvalue weighted by molar-refractivity contribution is 6.42. The number of nitrogens with two attached hydrogens (primary N) is 1. The van der Waals surface area contributed by atoms with Crippen LogP contribution in [0.5, 0.6) is 0 Å². The van der Waals surface area contributed by atoms with E-state index in [4.69, 9.17) is 28.9 Å². The van der Waals surface area contributed by atoms with Gasteiger partial charge in [0.1, 0.15) is 11.5 Å². The molecule has 0 spiro atoms. The Morgan fingerprint density at radius 3 is 2.70 bits per heavy atom. The van der Waals surface area contributed by atoms with E-state index in [-0.39, 0.29) is 11.7 Å². The molecule has 20 heavy (non-hydrogen) atoms. The molecular formula is C13H12Cl2N4O. The molecule has 7 heteroatoms. The van der Waals surface area contributed by atoms with Gasteiger partial charge < -0.3 is 11.1 Å². The normalized spacial score (nSPS) is 11.9. The van der Waals surface area contributed by atoms with Crippen molar-refractivity contribution >= 4 is 34.9 Å². The minimum atomic E-state index is -0.622. The second-order valence-corrected chi connectivity index (χ2v) is 5.01. The number of rotatable bonds is 4. The first kappa shape index (κ1) is 14.6. The lowest BCUT2D eigenvalue weighted by Gasteiger charge is -2.15. The molecule has 1 aromatic heterocycles. The Kier molecular flexibility index (Phi) is 4.42. The van der Waals surface area contributed by atoms with E-state index in [0.29, 0.717) is 15.9 Å². The number of halogens is 2. The molecular weight excluding hydrogens is 299 g/mol. The Balaban J connectivity index is 2.18. The van der Waals surface area contributed by atoms with Gasteiger partial charge in [-0.05, 0) is 24.6 Å². The van der Waals surface area contributed by atoms with Crippen LogP contribution in [0.2, 0.25) is 10.0 Å². The molecule has 0 aliphatic heterocycles. The molecule has 0 saturated carbocycles. The number of carbonyl (C=O) groups is 1. The molecule has 1 atom stereocenters. The van der Waals surface area contributed by atoms with Crippen LogP contribution in [0, 0.1) is 0 Å². The molecule has 1 aromatic carbocycles. The second-order valence-electron chi connectivity index (χ2n) is 4.19. The van der Waals surface area contributed by atoms with Crippen molar-refractivity contribution in [3.8, 4) is 0 Å². The van der Waals surface area contributed by atoms with Gasteiger partial charge in [-0.1, -0.05) is 29.3 Å². The average Bonchev–Trinajstić information content (AvgIpc) is 2.42. The molecule has 2 aromatic rings. The van der Waals surface area contributed by atoms with Crippen molar-refractivity contribution in [2.75, 3.05) is 5.32 Å². The Bertz CT molecular complexity index is 648. The lowest BCUT2D eigenvalue weighted by molar-refractivity contribution is 0.0995. The summed E-state index contributed by atoms with van der Waals surface area (Å²) in [5.74, 6) is -0.164. The summed E-state index contributed by atoms with van der Waals surface area (Å²) in [6.07, 6.45) is 2.83. The Labute approximate surface area is 126 Å². The van der Waals surface area contributed by atoms with Crippen LogP contribution in [0.3, 0.4) is 0 Å². The quantitative estimate of drug-likeness (QED) is 0.909. The fourth-order valence-corrected chi connectivity index (χ4v) is 1.95. The lowest BCUT2D eigenvalue weighted by atomic mass is 10.1. The van der Waals surface area contributed by atoms with Crippen LogP contribution in [-0.4, -0.2) is 15.9 Å². The van der Waals surface area contributed by atoms with Gasteiger partial charge in [-0.15, -0.1) is 0 Å². The fourth-order valence-electron chi connectivity index (χ4n) is 1.64. The standard InChI is InChI=1S/C13H12Cl2N4O/c1-7(8-2-3-9(14)10(15)4-8)18-12-6-17-5-11(19-12)13(16)20/h2-7H,1H3,(H2,16,20)(H,18,19). The topological polar surface area (TPSA) is 80.9 Å². The Morgan fingerprint density at radius 1 is 1.30 bits per heavy atom. The molecule has 1 unspecified atom stereocenters. The summed E-state index contributed by atoms with van der Waals surface area (Å²) in [7, 11) is 0. The molecule has 0 radical (unpaired) electrons. The van der Waals surface area contributed by atoms with Crippen molar-refractivity contribution in [1.29, 1.82) is 0 Å². The molecule has 5 nitrogen and oxygen atoms in total. The average molecular weight is 311 g/mol. The monoisotopic (exact) mass is 310 g/mol. The highest BCUT2D eigenvalue weighted by Gasteiger charge is 2.10. The molecule has 2 rings (SSSR count). The SMILES string of the molecule is CC(Nc1cncc(C(N)=O)n1)c1ccc(Cl)c(Cl)c1. The number of primary amides is 1. The van der Waals surface area contributed by atoms with Crippen LogP contribution in [0.1, 0.15) is 29.0 Å². The van der Waals surface area contributed by atoms with Crippen molar-refractivity contribution in [2.24, 2.45) is 5.73 Å². The van der Waals surface area contributed by atoms with E-state index < -0.39 is 5.91 Å². The number of benzene rings is 1. The highest BCUT2D eigenvalue weighted by atomic mass is 35.5. The van der Waals surface area contributed by atoms with Crippen LogP contribution in [0.4, 0.5) is 5.82 Å². The Hall–Kier alpha value is -1.85. The van der Waals surface area contributed by atoms with Gasteiger partial charge in [-0.3, -0.25) is 9.78 Å². The summed E-state index contributed by atoms with van der Waals surface area (Å²) in [5.41, 5.74) is 6.20. The molecule has 1 amide bonds. The number of nitrogens with one attached hydrogen (secondary N) is 1. The van der Waals surface area contributed by atoms with Gasteiger partial charge in [0, 0.05) is 0 Å². The fraction of sp³-hybridized carbons (Fsp3) is 0.154. The lowest BCUT2D eigenvalue weighted by Crippen LogP contribution is -2.15. The van der Waals surface area contributed by atoms with Gasteiger partial charge in [0.05, 0.1) is 28.5 Å². The number of aromatic nitrogens is 2. The summed E-state index contributed by atoms with van der Waals surface area (Å²) in [5, 5.41) is 4.10. The summed E-state index contributed by atoms with van der Waals surface area (Å²) in [4.78, 5) is 19.0. The minimum Gasteiger partial charge on any atom is -0.364 e. The third-order valence-electron chi connectivity index (χ3n) is 2.70. The van der Waals surface area contributed by atoms with Crippen molar-refractivity contribution < 1.29 is 4.79 Å². The molecule has 0 saturated heterocycles. The van der Waals surface area contributed by atoms with Crippen LogP contribution >= 0.6 is 23.2 Å². The van der Waals surface area contributed by atoms with Gasteiger partial charge in [0.25, 0.3) is 5.91 Å². The first-order valence-electron chi connectivity index (χ1n) is 5.80. The molecule has 104 valence electrons. The molecule has 0 aliphatic rings. The summed E-state index contributed by atoms with van der Waals surface area (Å²) < 4.78 is 0. The third kappa shape index (κ3) is 3.37. The van der Waals surface area contributed by atoms with E-state index in [1.54, 1.807) is 12.1 Å². The van der Waals surface area contributed by atoms with Crippen molar-refractivity contribution in [3.05, 3.63) is 51.9 Å². The zero-order valence-electron chi connectivity index (χ0n) is 10.6. The maximum Gasteiger partial charge on any atom is 0.268 e. The zero-order valence-corrected chi connectivity index (χ0v) is 12.1. The van der Waals surface area contributed by atoms with Gasteiger partial charge in [0.15, 0.2) is 0 Å². The first-order valence-corrected chi connectivity index (χ1v) is 6.56. The number of amides is 1. The Morgan fingerprint density at radius 2 is 2.05 bits per heavy atom. The minimum absolute atomic E-state index is 0.0813. The van der Waals surface area contributed by atoms with Gasteiger partial charge in [-0.2, -0.15) is 0 Å². The summed E-state index contributed by atoms with van der Waals surface area (Å²) in [6.45, 7) is 1.93. The number of hydrogen-bond acceptors (Lipinski definition) is 4. The summed E-state index contributed by atoms with van der Waals surface area (Å²) in [6, 6.07) is 5.27. The number of nitrogens with zero attached hydrogens (tertiary/aromatic N) is 2. The second kappa shape index (κ2) is 6.07. The maximum absolute atomic E-state index is 11.1. The van der Waals surface area contributed by atoms with Crippen LogP contribution in [0.25, 0.3) is 0 Å². The molecule has 3 N–H and O–H groups in total. The largest absolute Gasteiger partial charge is 0.364 e. The summed E-state index contributed by atoms with van der Waals surface area (Å²) >= 11 is 11.9. The van der Waals surface area contributed by atoms with Gasteiger partial charge in [-0.25, -0.2) is 4.98 Å². The number of hydrogen-bond donors (Lipinski definition) is 2. The van der Waals surface area contributed by atoms with E-state index in [0.717, 1.165) is 5.56 Å². The van der Waals surface area contributed by atoms with Crippen LogP contribution in [0.15, 0.2) is 30.6 Å². The third-order valence-corrected chi connectivity index (χ3v) is 3.43. The zero-order chi connectivity index (χ0) is 14.7. The molecule has 0 aliphatic carbocycles. The van der Waals surface area contributed by atoms with Crippen molar-refractivity contribution in [1.82, 2.24) is 9.97 Å². The molecule has 0 fully saturated rings. The predicted molar refractivity (Wildman–Crippen MR) is 79.0 cm³/mol. The van der Waals surface area contributed by atoms with E-state index in [9.17, 15) is 4.79 Å². The van der Waals surface area contributed by atoms with E-state index in [2.05, 4.69) is 15.3 Å². The highest BCUT2D eigenvalue weighted by Crippen LogP contribution is 2.26. The van der Waals surface area contributed by atoms with E-state index in [1.165, 1.54) is 12.4 Å². The number of anilines is 1. The van der Waals surface area contributed by atoms with Crippen molar-refractivity contribution in [3.63, 3.8) is 0 Å². The van der Waals surface area contributed by atoms with E-state index in [1.807, 2.05) is 13.0 Å². The smallest absolute Gasteiger partial charge is 0.268 e. The molecule has 1 heterocycles. The van der Waals surface area contributed by atoms with Gasteiger partial charge in [0.2, 0.25) is 0 Å². The van der Waals surface area contributed by atoms with Gasteiger partial charge >= 0.3 is 0 Å². The van der Waals surface area contributed by atoms with Crippen molar-refractivity contribution in [2.45, 2.75) is 13.0 Å². The predicted octanol–water partition coefficient (Wildman–Crippen LogP) is 3.06. The number of carbonyl (C=O) groups excluding carboxylic acids is 1. The molecule has 0 bridgehead atoms. The van der Waals surface area contributed by atoms with E-state index >= 15 is 0 Å². The van der Waals surface area contributed by atoms with Crippen LogP contribution < -0.4 is 11.1 Å². The van der Waals surface area contributed by atoms with Crippen LogP contribution in [-0.2, 0) is 0 Å². The maximum atomic E-state index is 11.1. The first-order chi connectivity index (χ1) is 9.47.